The first kappa shape index (κ1) is 17.2. The highest BCUT2D eigenvalue weighted by Gasteiger charge is 2.19. The molecule has 29 heavy (non-hydrogen) atoms. The molecule has 4 heteroatoms. The lowest BCUT2D eigenvalue weighted by atomic mass is 10.1. The molecule has 0 spiro atoms. The molecule has 0 bridgehead atoms. The molecule has 0 unspecified atom stereocenters. The fraction of sp³-hybridized carbons (Fsp3) is 0.0400. The largest absolute Gasteiger partial charge is 0.151 e. The molecule has 4 aromatic carbocycles. The van der Waals surface area contributed by atoms with Crippen LogP contribution in [-0.2, 0) is 6.42 Å². The Bertz CT molecular complexity index is 1120. The maximum Gasteiger partial charge on any atom is 0.0860 e. The lowest BCUT2D eigenvalue weighted by Gasteiger charge is -2.02. The molecule has 1 aliphatic carbocycles. The quantitative estimate of drug-likeness (QED) is 0.285. The van der Waals surface area contributed by atoms with Gasteiger partial charge >= 0.3 is 0 Å². The second-order valence-corrected chi connectivity index (χ2v) is 6.93. The third-order valence-corrected chi connectivity index (χ3v) is 4.92. The Kier molecular flexibility index (Phi) is 4.51. The minimum absolute atomic E-state index is 0.852. The molecular weight excluding hydrogens is 356 g/mol. The van der Waals surface area contributed by atoms with E-state index in [-0.39, 0.29) is 0 Å². The molecule has 0 saturated heterocycles. The minimum Gasteiger partial charge on any atom is -0.151 e. The molecule has 0 saturated carbocycles. The molecule has 4 nitrogen and oxygen atoms in total. The number of benzene rings is 4. The number of rotatable bonds is 4. The molecule has 0 N–H and O–H groups in total. The van der Waals surface area contributed by atoms with Gasteiger partial charge in [0.2, 0.25) is 0 Å². The number of azo groups is 2. The van der Waals surface area contributed by atoms with Crippen LogP contribution in [0.2, 0.25) is 0 Å². The zero-order valence-corrected chi connectivity index (χ0v) is 15.7. The second kappa shape index (κ2) is 7.60. The van der Waals surface area contributed by atoms with Gasteiger partial charge in [0.1, 0.15) is 0 Å². The SMILES string of the molecule is c1ccc(N=Nc2ccc3c(c2)Cc2cc(N=Nc4ccccc4)ccc2-3)cc1. The van der Waals surface area contributed by atoms with Crippen molar-refractivity contribution in [1.29, 1.82) is 0 Å². The summed E-state index contributed by atoms with van der Waals surface area (Å²) in [6.07, 6.45) is 0.869. The van der Waals surface area contributed by atoms with Gasteiger partial charge in [0, 0.05) is 0 Å². The third kappa shape index (κ3) is 3.73. The van der Waals surface area contributed by atoms with Crippen LogP contribution >= 0.6 is 0 Å². The summed E-state index contributed by atoms with van der Waals surface area (Å²) in [4.78, 5) is 0. The zero-order chi connectivity index (χ0) is 19.5. The smallest absolute Gasteiger partial charge is 0.0860 e. The van der Waals surface area contributed by atoms with Crippen molar-refractivity contribution in [2.45, 2.75) is 6.42 Å². The Morgan fingerprint density at radius 1 is 0.414 bits per heavy atom. The summed E-state index contributed by atoms with van der Waals surface area (Å²) in [5.74, 6) is 0. The van der Waals surface area contributed by atoms with E-state index in [9.17, 15) is 0 Å². The van der Waals surface area contributed by atoms with E-state index >= 15 is 0 Å². The van der Waals surface area contributed by atoms with Gasteiger partial charge in [0.15, 0.2) is 0 Å². The standard InChI is InChI=1S/C25H18N4/c1-3-7-20(8-4-1)26-28-22-11-13-24-18(16-22)15-19-17-23(12-14-25(19)24)29-27-21-9-5-2-6-10-21/h1-14,16-17H,15H2. The Morgan fingerprint density at radius 2 is 0.828 bits per heavy atom. The number of hydrogen-bond donors (Lipinski definition) is 0. The Morgan fingerprint density at radius 3 is 1.28 bits per heavy atom. The van der Waals surface area contributed by atoms with Crippen molar-refractivity contribution < 1.29 is 0 Å². The van der Waals surface area contributed by atoms with Crippen LogP contribution in [0.25, 0.3) is 11.1 Å². The van der Waals surface area contributed by atoms with Crippen LogP contribution in [-0.4, -0.2) is 0 Å². The monoisotopic (exact) mass is 374 g/mol. The van der Waals surface area contributed by atoms with Gasteiger partial charge in [-0.3, -0.25) is 0 Å². The molecule has 0 aliphatic heterocycles. The molecule has 5 rings (SSSR count). The van der Waals surface area contributed by atoms with E-state index in [2.05, 4.69) is 44.7 Å². The fourth-order valence-electron chi connectivity index (χ4n) is 3.53. The molecule has 138 valence electrons. The first-order valence-corrected chi connectivity index (χ1v) is 9.55. The van der Waals surface area contributed by atoms with Crippen molar-refractivity contribution in [3.63, 3.8) is 0 Å². The second-order valence-electron chi connectivity index (χ2n) is 6.93. The van der Waals surface area contributed by atoms with Gasteiger partial charge in [0.05, 0.1) is 22.7 Å². The van der Waals surface area contributed by atoms with Crippen LogP contribution in [0, 0.1) is 0 Å². The molecular formula is C25H18N4. The normalized spacial score (nSPS) is 12.4. The summed E-state index contributed by atoms with van der Waals surface area (Å²) >= 11 is 0. The van der Waals surface area contributed by atoms with Gasteiger partial charge in [-0.05, 0) is 77.2 Å². The average Bonchev–Trinajstić information content (AvgIpc) is 3.14. The van der Waals surface area contributed by atoms with E-state index in [1.807, 2.05) is 72.8 Å². The number of nitrogens with zero attached hydrogens (tertiary/aromatic N) is 4. The van der Waals surface area contributed by atoms with Crippen molar-refractivity contribution in [2.24, 2.45) is 20.5 Å². The van der Waals surface area contributed by atoms with E-state index in [0.29, 0.717) is 0 Å². The minimum atomic E-state index is 0.852. The van der Waals surface area contributed by atoms with Gasteiger partial charge in [-0.15, -0.1) is 0 Å². The summed E-state index contributed by atoms with van der Waals surface area (Å²) in [5, 5.41) is 17.4. The summed E-state index contributed by atoms with van der Waals surface area (Å²) in [6, 6.07) is 32.1. The van der Waals surface area contributed by atoms with E-state index in [1.54, 1.807) is 0 Å². The van der Waals surface area contributed by atoms with Crippen LogP contribution < -0.4 is 0 Å². The fourth-order valence-corrected chi connectivity index (χ4v) is 3.53. The van der Waals surface area contributed by atoms with Gasteiger partial charge < -0.3 is 0 Å². The molecule has 1 aliphatic rings. The van der Waals surface area contributed by atoms with E-state index in [1.165, 1.54) is 22.3 Å². The van der Waals surface area contributed by atoms with E-state index in [0.717, 1.165) is 29.2 Å². The predicted molar refractivity (Wildman–Crippen MR) is 116 cm³/mol. The number of fused-ring (bicyclic) bond motifs is 3. The van der Waals surface area contributed by atoms with Crippen molar-refractivity contribution >= 4 is 22.7 Å². The average molecular weight is 374 g/mol. The molecule has 4 aromatic rings. The molecule has 0 amide bonds. The van der Waals surface area contributed by atoms with Crippen LogP contribution in [0.15, 0.2) is 118 Å². The first-order valence-electron chi connectivity index (χ1n) is 9.55. The summed E-state index contributed by atoms with van der Waals surface area (Å²) in [5.41, 5.74) is 8.47. The van der Waals surface area contributed by atoms with Gasteiger partial charge in [-0.2, -0.15) is 20.5 Å². The third-order valence-electron chi connectivity index (χ3n) is 4.92. The highest BCUT2D eigenvalue weighted by molar-refractivity contribution is 5.79. The summed E-state index contributed by atoms with van der Waals surface area (Å²) < 4.78 is 0. The Hall–Kier alpha value is -3.92. The number of hydrogen-bond acceptors (Lipinski definition) is 4. The van der Waals surface area contributed by atoms with Crippen LogP contribution in [0.5, 0.6) is 0 Å². The van der Waals surface area contributed by atoms with Crippen molar-refractivity contribution in [3.8, 4) is 11.1 Å². The first-order chi connectivity index (χ1) is 14.3. The molecule has 0 atom stereocenters. The highest BCUT2D eigenvalue weighted by atomic mass is 15.1. The predicted octanol–water partition coefficient (Wildman–Crippen LogP) is 8.09. The zero-order valence-electron chi connectivity index (χ0n) is 15.7. The lowest BCUT2D eigenvalue weighted by molar-refractivity contribution is 1.20. The summed E-state index contributed by atoms with van der Waals surface area (Å²) in [7, 11) is 0. The van der Waals surface area contributed by atoms with Crippen molar-refractivity contribution in [1.82, 2.24) is 0 Å². The Balaban J connectivity index is 1.37. The van der Waals surface area contributed by atoms with E-state index in [4.69, 9.17) is 0 Å². The summed E-state index contributed by atoms with van der Waals surface area (Å²) in [6.45, 7) is 0. The van der Waals surface area contributed by atoms with Crippen molar-refractivity contribution in [2.75, 3.05) is 0 Å². The van der Waals surface area contributed by atoms with Gasteiger partial charge in [-0.25, -0.2) is 0 Å². The molecule has 0 heterocycles. The van der Waals surface area contributed by atoms with Crippen LogP contribution in [0.1, 0.15) is 11.1 Å². The Labute approximate surface area is 169 Å². The lowest BCUT2D eigenvalue weighted by Crippen LogP contribution is -1.79. The topological polar surface area (TPSA) is 49.4 Å². The highest BCUT2D eigenvalue weighted by Crippen LogP contribution is 2.40. The van der Waals surface area contributed by atoms with E-state index < -0.39 is 0 Å². The van der Waals surface area contributed by atoms with Gasteiger partial charge in [-0.1, -0.05) is 48.5 Å². The van der Waals surface area contributed by atoms with Crippen molar-refractivity contribution in [3.05, 3.63) is 108 Å². The van der Waals surface area contributed by atoms with Crippen LogP contribution in [0.3, 0.4) is 0 Å². The molecule has 0 radical (unpaired) electrons. The maximum atomic E-state index is 4.39. The molecule has 0 aromatic heterocycles. The van der Waals surface area contributed by atoms with Crippen LogP contribution in [0.4, 0.5) is 22.7 Å². The van der Waals surface area contributed by atoms with Gasteiger partial charge in [0.25, 0.3) is 0 Å². The molecule has 0 fully saturated rings. The maximum absolute atomic E-state index is 4.39.